The lowest BCUT2D eigenvalue weighted by Crippen LogP contribution is -2.39. The van der Waals surface area contributed by atoms with Crippen molar-refractivity contribution in [3.8, 4) is 5.75 Å². The largest absolute Gasteiger partial charge is 0.484 e. The van der Waals surface area contributed by atoms with E-state index >= 15 is 0 Å². The zero-order valence-electron chi connectivity index (χ0n) is 14.9. The van der Waals surface area contributed by atoms with Gasteiger partial charge in [0.2, 0.25) is 0 Å². The quantitative estimate of drug-likeness (QED) is 0.446. The molecular weight excluding hydrogens is 326 g/mol. The molecule has 25 heavy (non-hydrogen) atoms. The number of hydrogen-bond donors (Lipinski definition) is 1. The highest BCUT2D eigenvalue weighted by molar-refractivity contribution is 5.78. The van der Waals surface area contributed by atoms with Crippen molar-refractivity contribution in [3.63, 3.8) is 0 Å². The van der Waals surface area contributed by atoms with Crippen LogP contribution in [0, 0.1) is 0 Å². The highest BCUT2D eigenvalue weighted by Crippen LogP contribution is 2.12. The Labute approximate surface area is 148 Å². The maximum absolute atomic E-state index is 12.3. The molecule has 0 aromatic heterocycles. The first kappa shape index (κ1) is 20.9. The Bertz CT molecular complexity index is 517. The zero-order chi connectivity index (χ0) is 18.5. The van der Waals surface area contributed by atoms with E-state index in [2.05, 4.69) is 11.7 Å². The average Bonchev–Trinajstić information content (AvgIpc) is 2.65. The Balaban J connectivity index is 2.51. The normalized spacial score (nSPS) is 10.4. The smallest absolute Gasteiger partial charge is 0.307 e. The lowest BCUT2D eigenvalue weighted by atomic mass is 10.2. The van der Waals surface area contributed by atoms with Crippen molar-refractivity contribution in [2.24, 2.45) is 0 Å². The minimum atomic E-state index is -0.384. The molecule has 0 radical (unpaired) electrons. The number of methoxy groups -OCH3 is 1. The minimum Gasteiger partial charge on any atom is -0.484 e. The van der Waals surface area contributed by atoms with Gasteiger partial charge in [0.05, 0.1) is 33.4 Å². The summed E-state index contributed by atoms with van der Waals surface area (Å²) in [5.74, 6) is -0.00350. The van der Waals surface area contributed by atoms with Gasteiger partial charge in [-0.05, 0) is 24.1 Å². The number of nitrogens with zero attached hydrogens (tertiary/aromatic N) is 1. The third-order valence-corrected chi connectivity index (χ3v) is 3.60. The summed E-state index contributed by atoms with van der Waals surface area (Å²) in [4.78, 5) is 25.1. The number of hydrogen-bond acceptors (Lipinski definition) is 6. The molecule has 0 aliphatic heterocycles. The molecule has 0 saturated carbocycles. The van der Waals surface area contributed by atoms with Crippen molar-refractivity contribution in [2.75, 3.05) is 46.6 Å². The van der Waals surface area contributed by atoms with Crippen LogP contribution < -0.4 is 4.74 Å². The number of esters is 1. The van der Waals surface area contributed by atoms with Gasteiger partial charge in [0.15, 0.2) is 6.61 Å². The average molecular weight is 353 g/mol. The maximum atomic E-state index is 12.3. The fourth-order valence-corrected chi connectivity index (χ4v) is 2.09. The number of carbonyl (C=O) groups excluding carboxylic acids is 2. The van der Waals surface area contributed by atoms with E-state index < -0.39 is 0 Å². The molecule has 1 aromatic carbocycles. The SMILES string of the molecule is CCc1ccc(OCC(=O)N(CCOCCO)CCC(=O)OC)cc1. The third-order valence-electron chi connectivity index (χ3n) is 3.60. The topological polar surface area (TPSA) is 85.3 Å². The summed E-state index contributed by atoms with van der Waals surface area (Å²) in [6.07, 6.45) is 1.04. The fourth-order valence-electron chi connectivity index (χ4n) is 2.09. The minimum absolute atomic E-state index is 0.0764. The van der Waals surface area contributed by atoms with Gasteiger partial charge >= 0.3 is 5.97 Å². The van der Waals surface area contributed by atoms with Crippen molar-refractivity contribution < 1.29 is 28.9 Å². The number of rotatable bonds is 12. The first-order chi connectivity index (χ1) is 12.1. The second-order valence-electron chi connectivity index (χ2n) is 5.33. The number of carbonyl (C=O) groups is 2. The molecule has 1 rings (SSSR count). The molecule has 0 unspecified atom stereocenters. The predicted molar refractivity (Wildman–Crippen MR) is 92.4 cm³/mol. The Morgan fingerprint density at radius 1 is 1.12 bits per heavy atom. The van der Waals surface area contributed by atoms with Gasteiger partial charge in [-0.3, -0.25) is 9.59 Å². The summed E-state index contributed by atoms with van der Waals surface area (Å²) in [6.45, 7) is 2.90. The number of benzene rings is 1. The van der Waals surface area contributed by atoms with Gasteiger partial charge in [0.1, 0.15) is 5.75 Å². The van der Waals surface area contributed by atoms with Gasteiger partial charge in [-0.15, -0.1) is 0 Å². The first-order valence-corrected chi connectivity index (χ1v) is 8.35. The zero-order valence-corrected chi connectivity index (χ0v) is 14.9. The number of amides is 1. The van der Waals surface area contributed by atoms with Crippen molar-refractivity contribution in [1.29, 1.82) is 0 Å². The Morgan fingerprint density at radius 2 is 1.84 bits per heavy atom. The second kappa shape index (κ2) is 12.3. The van der Waals surface area contributed by atoms with E-state index in [9.17, 15) is 9.59 Å². The number of aryl methyl sites for hydroxylation is 1. The highest BCUT2D eigenvalue weighted by atomic mass is 16.5. The van der Waals surface area contributed by atoms with Gasteiger partial charge in [0, 0.05) is 13.1 Å². The van der Waals surface area contributed by atoms with Crippen LogP contribution in [0.2, 0.25) is 0 Å². The molecule has 0 spiro atoms. The molecular formula is C18H27NO6. The fraction of sp³-hybridized carbons (Fsp3) is 0.556. The standard InChI is InChI=1S/C18H27NO6/c1-3-15-4-6-16(7-5-15)25-14-17(21)19(9-8-18(22)23-2)10-12-24-13-11-20/h4-7,20H,3,8-14H2,1-2H3. The van der Waals surface area contributed by atoms with E-state index in [0.717, 1.165) is 6.42 Å². The van der Waals surface area contributed by atoms with Crippen LogP contribution >= 0.6 is 0 Å². The van der Waals surface area contributed by atoms with Crippen LogP contribution in [0.3, 0.4) is 0 Å². The molecule has 0 atom stereocenters. The Hall–Kier alpha value is -2.12. The molecule has 140 valence electrons. The molecule has 7 heteroatoms. The lowest BCUT2D eigenvalue weighted by Gasteiger charge is -2.22. The van der Waals surface area contributed by atoms with E-state index in [4.69, 9.17) is 14.6 Å². The number of ether oxygens (including phenoxy) is 3. The van der Waals surface area contributed by atoms with Crippen molar-refractivity contribution in [3.05, 3.63) is 29.8 Å². The maximum Gasteiger partial charge on any atom is 0.307 e. The Kier molecular flexibility index (Phi) is 10.3. The van der Waals surface area contributed by atoms with E-state index in [1.165, 1.54) is 17.6 Å². The van der Waals surface area contributed by atoms with Gasteiger partial charge in [0.25, 0.3) is 5.91 Å². The molecule has 0 aliphatic carbocycles. The predicted octanol–water partition coefficient (Wildman–Crippen LogP) is 1.03. The molecule has 0 bridgehead atoms. The van der Waals surface area contributed by atoms with Gasteiger partial charge in [-0.2, -0.15) is 0 Å². The van der Waals surface area contributed by atoms with E-state index in [-0.39, 0.29) is 51.3 Å². The van der Waals surface area contributed by atoms with Crippen LogP contribution in [0.25, 0.3) is 0 Å². The molecule has 0 heterocycles. The summed E-state index contributed by atoms with van der Waals surface area (Å²) >= 11 is 0. The number of aliphatic hydroxyl groups is 1. The monoisotopic (exact) mass is 353 g/mol. The van der Waals surface area contributed by atoms with Crippen LogP contribution in [0.4, 0.5) is 0 Å². The van der Waals surface area contributed by atoms with Gasteiger partial charge in [-0.25, -0.2) is 0 Å². The van der Waals surface area contributed by atoms with E-state index in [0.29, 0.717) is 12.3 Å². The van der Waals surface area contributed by atoms with Crippen molar-refractivity contribution >= 4 is 11.9 Å². The molecule has 0 fully saturated rings. The van der Waals surface area contributed by atoms with Crippen LogP contribution in [0.5, 0.6) is 5.75 Å². The highest BCUT2D eigenvalue weighted by Gasteiger charge is 2.16. The van der Waals surface area contributed by atoms with Crippen LogP contribution in [-0.4, -0.2) is 68.5 Å². The lowest BCUT2D eigenvalue weighted by molar-refractivity contribution is -0.142. The van der Waals surface area contributed by atoms with Crippen LogP contribution in [0.15, 0.2) is 24.3 Å². The van der Waals surface area contributed by atoms with Crippen molar-refractivity contribution in [2.45, 2.75) is 19.8 Å². The Morgan fingerprint density at radius 3 is 2.44 bits per heavy atom. The summed E-state index contributed by atoms with van der Waals surface area (Å²) in [6, 6.07) is 7.57. The first-order valence-electron chi connectivity index (χ1n) is 8.35. The second-order valence-corrected chi connectivity index (χ2v) is 5.33. The molecule has 0 aliphatic rings. The summed E-state index contributed by atoms with van der Waals surface area (Å²) in [7, 11) is 1.31. The summed E-state index contributed by atoms with van der Waals surface area (Å²) in [5, 5.41) is 8.71. The molecule has 1 N–H and O–H groups in total. The van der Waals surface area contributed by atoms with Crippen molar-refractivity contribution in [1.82, 2.24) is 4.90 Å². The van der Waals surface area contributed by atoms with E-state index in [1.807, 2.05) is 24.3 Å². The van der Waals surface area contributed by atoms with Crippen LogP contribution in [-0.2, 0) is 25.5 Å². The van der Waals surface area contributed by atoms with E-state index in [1.54, 1.807) is 0 Å². The molecule has 1 aromatic rings. The summed E-state index contributed by atoms with van der Waals surface area (Å²) < 4.78 is 15.3. The van der Waals surface area contributed by atoms with Gasteiger partial charge in [-0.1, -0.05) is 19.1 Å². The molecule has 0 saturated heterocycles. The molecule has 7 nitrogen and oxygen atoms in total. The van der Waals surface area contributed by atoms with Crippen LogP contribution in [0.1, 0.15) is 18.9 Å². The number of aliphatic hydroxyl groups excluding tert-OH is 1. The molecule has 1 amide bonds. The third kappa shape index (κ3) is 8.51. The van der Waals surface area contributed by atoms with Gasteiger partial charge < -0.3 is 24.2 Å². The summed E-state index contributed by atoms with van der Waals surface area (Å²) in [5.41, 5.74) is 1.19.